The monoisotopic (exact) mass is 306 g/mol. The van der Waals surface area contributed by atoms with E-state index in [0.717, 1.165) is 19.6 Å². The highest BCUT2D eigenvalue weighted by Gasteiger charge is 2.18. The Morgan fingerprint density at radius 1 is 1.33 bits per heavy atom. The van der Waals surface area contributed by atoms with Crippen molar-refractivity contribution in [3.05, 3.63) is 53.9 Å². The van der Waals surface area contributed by atoms with Gasteiger partial charge in [-0.15, -0.1) is 12.4 Å². The lowest BCUT2D eigenvalue weighted by atomic mass is 10.0. The molecule has 1 aliphatic rings. The minimum absolute atomic E-state index is 0. The number of carbonyl (C=O) groups excluding carboxylic acids is 1. The fraction of sp³-hybridized carbons (Fsp3) is 0.333. The number of nitrogens with one attached hydrogen (secondary N) is 2. The minimum atomic E-state index is -0.0452. The van der Waals surface area contributed by atoms with Crippen molar-refractivity contribution in [1.29, 1.82) is 0 Å². The Kier molecular flexibility index (Phi) is 5.36. The second kappa shape index (κ2) is 7.24. The van der Waals surface area contributed by atoms with E-state index in [-0.39, 0.29) is 18.3 Å². The van der Waals surface area contributed by atoms with Crippen LogP contribution in [0.1, 0.15) is 15.9 Å². The highest BCUT2D eigenvalue weighted by atomic mass is 35.5. The van der Waals surface area contributed by atoms with Gasteiger partial charge in [0.1, 0.15) is 0 Å². The van der Waals surface area contributed by atoms with Gasteiger partial charge in [-0.05, 0) is 5.56 Å². The van der Waals surface area contributed by atoms with Gasteiger partial charge in [0.05, 0.1) is 18.3 Å². The van der Waals surface area contributed by atoms with E-state index in [1.165, 1.54) is 5.56 Å². The lowest BCUT2D eigenvalue weighted by Crippen LogP contribution is -2.48. The highest BCUT2D eigenvalue weighted by Crippen LogP contribution is 2.05. The number of benzene rings is 1. The molecule has 0 spiro atoms. The number of rotatable bonds is 5. The van der Waals surface area contributed by atoms with Crippen LogP contribution >= 0.6 is 12.4 Å². The zero-order valence-electron chi connectivity index (χ0n) is 11.7. The van der Waals surface area contributed by atoms with E-state index in [2.05, 4.69) is 15.7 Å². The number of nitrogens with zero attached hydrogens (tertiary/aromatic N) is 2. The average Bonchev–Trinajstić information content (AvgIpc) is 2.86. The third-order valence-electron chi connectivity index (χ3n) is 3.50. The topological polar surface area (TPSA) is 59.0 Å². The number of halogens is 1. The van der Waals surface area contributed by atoms with E-state index in [4.69, 9.17) is 0 Å². The summed E-state index contributed by atoms with van der Waals surface area (Å²) in [5.41, 5.74) is 1.79. The summed E-state index contributed by atoms with van der Waals surface area (Å²) in [6, 6.07) is 10.1. The summed E-state index contributed by atoms with van der Waals surface area (Å²) >= 11 is 0. The molecule has 1 fully saturated rings. The third kappa shape index (κ3) is 4.06. The first kappa shape index (κ1) is 15.5. The molecular formula is C15H19ClN4O. The molecule has 1 aliphatic heterocycles. The molecule has 0 radical (unpaired) electrons. The van der Waals surface area contributed by atoms with Crippen LogP contribution in [0, 0.1) is 5.92 Å². The van der Waals surface area contributed by atoms with Gasteiger partial charge in [0.15, 0.2) is 0 Å². The third-order valence-corrected chi connectivity index (χ3v) is 3.50. The maximum Gasteiger partial charge on any atom is 0.254 e. The van der Waals surface area contributed by atoms with Crippen LogP contribution in [0.15, 0.2) is 42.7 Å². The number of carbonyl (C=O) groups is 1. The lowest BCUT2D eigenvalue weighted by Gasteiger charge is -2.26. The summed E-state index contributed by atoms with van der Waals surface area (Å²) in [6.45, 7) is 3.40. The van der Waals surface area contributed by atoms with Gasteiger partial charge < -0.3 is 10.6 Å². The molecule has 1 aromatic carbocycles. The normalized spacial score (nSPS) is 14.1. The summed E-state index contributed by atoms with van der Waals surface area (Å²) < 4.78 is 1.79. The van der Waals surface area contributed by atoms with Crippen molar-refractivity contribution in [2.75, 3.05) is 19.6 Å². The molecule has 0 aliphatic carbocycles. The van der Waals surface area contributed by atoms with Crippen molar-refractivity contribution in [2.24, 2.45) is 5.92 Å². The summed E-state index contributed by atoms with van der Waals surface area (Å²) in [4.78, 5) is 12.0. The molecule has 1 aromatic heterocycles. The molecule has 112 valence electrons. The Morgan fingerprint density at radius 2 is 2.10 bits per heavy atom. The lowest BCUT2D eigenvalue weighted by molar-refractivity contribution is 0.0942. The van der Waals surface area contributed by atoms with Crippen molar-refractivity contribution < 1.29 is 4.79 Å². The fourth-order valence-corrected chi connectivity index (χ4v) is 2.17. The van der Waals surface area contributed by atoms with Crippen molar-refractivity contribution >= 4 is 18.3 Å². The molecule has 0 unspecified atom stereocenters. The molecule has 0 saturated carbocycles. The van der Waals surface area contributed by atoms with Gasteiger partial charge >= 0.3 is 0 Å². The second-order valence-electron chi connectivity index (χ2n) is 5.15. The Labute approximate surface area is 130 Å². The quantitative estimate of drug-likeness (QED) is 0.875. The first-order valence-corrected chi connectivity index (χ1v) is 6.86. The van der Waals surface area contributed by atoms with E-state index in [1.54, 1.807) is 17.1 Å². The molecule has 21 heavy (non-hydrogen) atoms. The molecule has 0 atom stereocenters. The van der Waals surface area contributed by atoms with Crippen LogP contribution < -0.4 is 10.6 Å². The standard InChI is InChI=1S/C15H18N4O.ClH/c20-15(17-8-13-6-16-7-13)14-9-18-19(11-14)10-12-4-2-1-3-5-12;/h1-5,9,11,13,16H,6-8,10H2,(H,17,20);1H. The van der Waals surface area contributed by atoms with E-state index < -0.39 is 0 Å². The first-order chi connectivity index (χ1) is 9.81. The smallest absolute Gasteiger partial charge is 0.254 e. The molecule has 6 heteroatoms. The van der Waals surface area contributed by atoms with Crippen LogP contribution in [0.3, 0.4) is 0 Å². The molecular weight excluding hydrogens is 288 g/mol. The molecule has 2 aromatic rings. The summed E-state index contributed by atoms with van der Waals surface area (Å²) in [7, 11) is 0. The summed E-state index contributed by atoms with van der Waals surface area (Å²) in [6.07, 6.45) is 3.42. The zero-order chi connectivity index (χ0) is 13.8. The zero-order valence-corrected chi connectivity index (χ0v) is 12.5. The van der Waals surface area contributed by atoms with Gasteiger partial charge in [-0.3, -0.25) is 9.48 Å². The molecule has 1 amide bonds. The van der Waals surface area contributed by atoms with Gasteiger partial charge in [-0.1, -0.05) is 30.3 Å². The number of amides is 1. The van der Waals surface area contributed by atoms with E-state index in [0.29, 0.717) is 18.0 Å². The first-order valence-electron chi connectivity index (χ1n) is 6.86. The van der Waals surface area contributed by atoms with Gasteiger partial charge in [0.25, 0.3) is 5.91 Å². The van der Waals surface area contributed by atoms with Crippen molar-refractivity contribution in [1.82, 2.24) is 20.4 Å². The summed E-state index contributed by atoms with van der Waals surface area (Å²) in [5, 5.41) is 10.4. The van der Waals surface area contributed by atoms with Crippen LogP contribution in [0.2, 0.25) is 0 Å². The Morgan fingerprint density at radius 3 is 2.76 bits per heavy atom. The fourth-order valence-electron chi connectivity index (χ4n) is 2.17. The van der Waals surface area contributed by atoms with Gasteiger partial charge in [-0.25, -0.2) is 0 Å². The maximum atomic E-state index is 12.0. The van der Waals surface area contributed by atoms with E-state index in [1.807, 2.05) is 30.3 Å². The molecule has 0 bridgehead atoms. The molecule has 1 saturated heterocycles. The van der Waals surface area contributed by atoms with Gasteiger partial charge in [-0.2, -0.15) is 5.10 Å². The van der Waals surface area contributed by atoms with Crippen LogP contribution in [0.4, 0.5) is 0 Å². The number of hydrogen-bond acceptors (Lipinski definition) is 3. The van der Waals surface area contributed by atoms with Crippen LogP contribution in [0.25, 0.3) is 0 Å². The van der Waals surface area contributed by atoms with Crippen molar-refractivity contribution in [2.45, 2.75) is 6.54 Å². The SMILES string of the molecule is Cl.O=C(NCC1CNC1)c1cnn(Cc2ccccc2)c1. The van der Waals surface area contributed by atoms with Crippen LogP contribution in [0.5, 0.6) is 0 Å². The molecule has 3 rings (SSSR count). The van der Waals surface area contributed by atoms with E-state index >= 15 is 0 Å². The molecule has 2 N–H and O–H groups in total. The molecule has 2 heterocycles. The van der Waals surface area contributed by atoms with Gasteiger partial charge in [0, 0.05) is 31.7 Å². The Balaban J connectivity index is 0.00000161. The number of hydrogen-bond donors (Lipinski definition) is 2. The number of aromatic nitrogens is 2. The van der Waals surface area contributed by atoms with Crippen molar-refractivity contribution in [3.63, 3.8) is 0 Å². The minimum Gasteiger partial charge on any atom is -0.352 e. The Bertz CT molecular complexity index is 580. The molecule has 5 nitrogen and oxygen atoms in total. The van der Waals surface area contributed by atoms with Crippen LogP contribution in [-0.4, -0.2) is 35.3 Å². The predicted octanol–water partition coefficient (Wildman–Crippen LogP) is 1.30. The predicted molar refractivity (Wildman–Crippen MR) is 83.7 cm³/mol. The highest BCUT2D eigenvalue weighted by molar-refractivity contribution is 5.93. The Hall–Kier alpha value is -1.85. The second-order valence-corrected chi connectivity index (χ2v) is 5.15. The maximum absolute atomic E-state index is 12.0. The van der Waals surface area contributed by atoms with Gasteiger partial charge in [0.2, 0.25) is 0 Å². The van der Waals surface area contributed by atoms with E-state index in [9.17, 15) is 4.79 Å². The summed E-state index contributed by atoms with van der Waals surface area (Å²) in [5.74, 6) is 0.523. The largest absolute Gasteiger partial charge is 0.352 e. The average molecular weight is 307 g/mol. The van der Waals surface area contributed by atoms with Crippen molar-refractivity contribution in [3.8, 4) is 0 Å². The van der Waals surface area contributed by atoms with Crippen LogP contribution in [-0.2, 0) is 6.54 Å².